The molecule has 0 N–H and O–H groups in total. The van der Waals surface area contributed by atoms with Crippen molar-refractivity contribution in [3.05, 3.63) is 101 Å². The van der Waals surface area contributed by atoms with Crippen LogP contribution in [0.5, 0.6) is 5.75 Å². The van der Waals surface area contributed by atoms with E-state index in [2.05, 4.69) is 0 Å². The number of aromatic nitrogens is 1. The van der Waals surface area contributed by atoms with Gasteiger partial charge in [-0.05, 0) is 47.9 Å². The summed E-state index contributed by atoms with van der Waals surface area (Å²) >= 11 is 7.93. The molecule has 0 saturated carbocycles. The number of hydrogen-bond acceptors (Lipinski definition) is 4. The molecule has 4 aromatic carbocycles. The molecular weight excluding hydrogens is 464 g/mol. The van der Waals surface area contributed by atoms with Crippen LogP contribution in [0.3, 0.4) is 0 Å². The van der Waals surface area contributed by atoms with Gasteiger partial charge in [-0.25, -0.2) is 4.98 Å². The second-order valence-electron chi connectivity index (χ2n) is 8.01. The van der Waals surface area contributed by atoms with Crippen LogP contribution < -0.4 is 9.64 Å². The molecule has 5 rings (SSSR count). The number of rotatable bonds is 6. The van der Waals surface area contributed by atoms with Crippen molar-refractivity contribution in [3.8, 4) is 5.75 Å². The highest BCUT2D eigenvalue weighted by molar-refractivity contribution is 7.23. The molecule has 0 aliphatic carbocycles. The summed E-state index contributed by atoms with van der Waals surface area (Å²) in [6.45, 7) is 4.77. The van der Waals surface area contributed by atoms with Gasteiger partial charge in [0, 0.05) is 0 Å². The molecule has 4 nitrogen and oxygen atoms in total. The van der Waals surface area contributed by atoms with Crippen molar-refractivity contribution in [3.63, 3.8) is 0 Å². The molecule has 1 aromatic heterocycles. The fourth-order valence-electron chi connectivity index (χ4n) is 4.08. The van der Waals surface area contributed by atoms with Crippen LogP contribution in [0.15, 0.2) is 78.9 Å². The molecule has 34 heavy (non-hydrogen) atoms. The van der Waals surface area contributed by atoms with Gasteiger partial charge in [0.2, 0.25) is 0 Å². The maximum absolute atomic E-state index is 14.3. The summed E-state index contributed by atoms with van der Waals surface area (Å²) in [5.74, 6) is 0.413. The van der Waals surface area contributed by atoms with Crippen LogP contribution in [0.1, 0.15) is 28.4 Å². The lowest BCUT2D eigenvalue weighted by atomic mass is 10.0. The molecule has 0 aliphatic heterocycles. The molecule has 170 valence electrons. The summed E-state index contributed by atoms with van der Waals surface area (Å²) in [6, 6.07) is 25.5. The quantitative estimate of drug-likeness (QED) is 0.247. The minimum absolute atomic E-state index is 0.156. The minimum Gasteiger partial charge on any atom is -0.493 e. The van der Waals surface area contributed by atoms with E-state index in [9.17, 15) is 4.79 Å². The van der Waals surface area contributed by atoms with E-state index >= 15 is 0 Å². The van der Waals surface area contributed by atoms with Crippen molar-refractivity contribution in [2.75, 3.05) is 11.5 Å². The van der Waals surface area contributed by atoms with Crippen molar-refractivity contribution in [1.82, 2.24) is 4.98 Å². The second kappa shape index (κ2) is 9.45. The predicted octanol–water partition coefficient (Wildman–Crippen LogP) is 7.66. The standard InChI is InChI=1S/C28H23ClN2O2S/c1-3-33-23-16-14-20-11-7-8-12-21(20)24(23)27(32)31(17-19-9-5-4-6-10-19)28-30-25-18(2)13-15-22(29)26(25)34-28/h4-16H,3,17H2,1-2H3. The zero-order valence-corrected chi connectivity index (χ0v) is 20.5. The van der Waals surface area contributed by atoms with Gasteiger partial charge in [0.15, 0.2) is 5.13 Å². The van der Waals surface area contributed by atoms with Crippen LogP contribution in [0, 0.1) is 6.92 Å². The van der Waals surface area contributed by atoms with Crippen LogP contribution in [0.4, 0.5) is 5.13 Å². The second-order valence-corrected chi connectivity index (χ2v) is 9.39. The first kappa shape index (κ1) is 22.4. The summed E-state index contributed by atoms with van der Waals surface area (Å²) in [4.78, 5) is 20.9. The van der Waals surface area contributed by atoms with Gasteiger partial charge < -0.3 is 4.74 Å². The molecule has 0 bridgehead atoms. The highest BCUT2D eigenvalue weighted by Crippen LogP contribution is 2.38. The van der Waals surface area contributed by atoms with Crippen molar-refractivity contribution >= 4 is 55.0 Å². The zero-order chi connectivity index (χ0) is 23.7. The van der Waals surface area contributed by atoms with E-state index in [1.54, 1.807) is 4.90 Å². The smallest absolute Gasteiger partial charge is 0.264 e. The number of benzene rings is 4. The Kier molecular flexibility index (Phi) is 6.22. The Morgan fingerprint density at radius 2 is 1.76 bits per heavy atom. The van der Waals surface area contributed by atoms with Gasteiger partial charge >= 0.3 is 0 Å². The van der Waals surface area contributed by atoms with Gasteiger partial charge in [-0.15, -0.1) is 0 Å². The van der Waals surface area contributed by atoms with Gasteiger partial charge in [-0.2, -0.15) is 0 Å². The first-order valence-corrected chi connectivity index (χ1v) is 12.3. The summed E-state index contributed by atoms with van der Waals surface area (Å²) < 4.78 is 6.79. The minimum atomic E-state index is -0.156. The van der Waals surface area contributed by atoms with Gasteiger partial charge in [0.05, 0.1) is 34.0 Å². The number of aryl methyl sites for hydroxylation is 1. The molecule has 0 atom stereocenters. The highest BCUT2D eigenvalue weighted by Gasteiger charge is 2.27. The molecule has 1 amide bonds. The third kappa shape index (κ3) is 4.13. The van der Waals surface area contributed by atoms with Gasteiger partial charge in [-0.1, -0.05) is 89.7 Å². The molecule has 0 unspecified atom stereocenters. The molecular formula is C28H23ClN2O2S. The third-order valence-corrected chi connectivity index (χ3v) is 7.29. The molecule has 0 saturated heterocycles. The maximum atomic E-state index is 14.3. The van der Waals surface area contributed by atoms with E-state index in [0.29, 0.717) is 34.6 Å². The van der Waals surface area contributed by atoms with E-state index in [0.717, 1.165) is 32.1 Å². The number of carbonyl (C=O) groups excluding carboxylic acids is 1. The first-order chi connectivity index (χ1) is 16.6. The monoisotopic (exact) mass is 486 g/mol. The number of hydrogen-bond donors (Lipinski definition) is 0. The number of fused-ring (bicyclic) bond motifs is 2. The Hall–Kier alpha value is -3.41. The van der Waals surface area contributed by atoms with Crippen molar-refractivity contribution in [2.24, 2.45) is 0 Å². The van der Waals surface area contributed by atoms with Crippen LogP contribution in [0.25, 0.3) is 21.0 Å². The van der Waals surface area contributed by atoms with E-state index in [1.807, 2.05) is 92.7 Å². The molecule has 1 heterocycles. The van der Waals surface area contributed by atoms with Crippen molar-refractivity contribution in [1.29, 1.82) is 0 Å². The number of anilines is 1. The summed E-state index contributed by atoms with van der Waals surface area (Å²) in [6.07, 6.45) is 0. The molecule has 5 aromatic rings. The first-order valence-electron chi connectivity index (χ1n) is 11.1. The average Bonchev–Trinajstić information content (AvgIpc) is 3.32. The average molecular weight is 487 g/mol. The summed E-state index contributed by atoms with van der Waals surface area (Å²) in [7, 11) is 0. The van der Waals surface area contributed by atoms with Gasteiger partial charge in [-0.3, -0.25) is 9.69 Å². The van der Waals surface area contributed by atoms with Crippen molar-refractivity contribution < 1.29 is 9.53 Å². The lowest BCUT2D eigenvalue weighted by Gasteiger charge is -2.22. The largest absolute Gasteiger partial charge is 0.493 e. The van der Waals surface area contributed by atoms with E-state index < -0.39 is 0 Å². The fourth-order valence-corrected chi connectivity index (χ4v) is 5.40. The number of amides is 1. The van der Waals surface area contributed by atoms with Gasteiger partial charge in [0.1, 0.15) is 5.75 Å². The molecule has 0 spiro atoms. The Bertz CT molecular complexity index is 1460. The summed E-state index contributed by atoms with van der Waals surface area (Å²) in [5, 5.41) is 3.08. The molecule has 0 radical (unpaired) electrons. The van der Waals surface area contributed by atoms with Gasteiger partial charge in [0.25, 0.3) is 5.91 Å². The number of thiazole rings is 1. The maximum Gasteiger partial charge on any atom is 0.264 e. The van der Waals surface area contributed by atoms with E-state index in [-0.39, 0.29) is 5.91 Å². The topological polar surface area (TPSA) is 42.4 Å². The number of nitrogens with zero attached hydrogens (tertiary/aromatic N) is 2. The predicted molar refractivity (Wildman–Crippen MR) is 141 cm³/mol. The third-order valence-electron chi connectivity index (χ3n) is 5.75. The van der Waals surface area contributed by atoms with E-state index in [1.165, 1.54) is 11.3 Å². The van der Waals surface area contributed by atoms with Crippen LogP contribution >= 0.6 is 22.9 Å². The van der Waals surface area contributed by atoms with Crippen molar-refractivity contribution in [2.45, 2.75) is 20.4 Å². The molecule has 0 fully saturated rings. The number of halogens is 1. The molecule has 6 heteroatoms. The highest BCUT2D eigenvalue weighted by atomic mass is 35.5. The zero-order valence-electron chi connectivity index (χ0n) is 18.9. The Balaban J connectivity index is 1.70. The van der Waals surface area contributed by atoms with Crippen LogP contribution in [-0.2, 0) is 6.54 Å². The van der Waals surface area contributed by atoms with Crippen LogP contribution in [0.2, 0.25) is 5.02 Å². The molecule has 0 aliphatic rings. The SMILES string of the molecule is CCOc1ccc2ccccc2c1C(=O)N(Cc1ccccc1)c1nc2c(C)ccc(Cl)c2s1. The summed E-state index contributed by atoms with van der Waals surface area (Å²) in [5.41, 5.74) is 3.39. The van der Waals surface area contributed by atoms with E-state index in [4.69, 9.17) is 21.3 Å². The Morgan fingerprint density at radius 1 is 1.00 bits per heavy atom. The number of ether oxygens (including phenoxy) is 1. The Morgan fingerprint density at radius 3 is 2.53 bits per heavy atom. The van der Waals surface area contributed by atoms with Crippen LogP contribution in [-0.4, -0.2) is 17.5 Å². The lowest BCUT2D eigenvalue weighted by Crippen LogP contribution is -2.31. The fraction of sp³-hybridized carbons (Fsp3) is 0.143. The normalized spacial score (nSPS) is 11.1. The lowest BCUT2D eigenvalue weighted by molar-refractivity contribution is 0.0983. The number of carbonyl (C=O) groups is 1. The Labute approximate surface area is 207 Å².